The highest BCUT2D eigenvalue weighted by Crippen LogP contribution is 2.42. The number of aryl methyl sites for hydroxylation is 1. The average molecular weight is 1090 g/mol. The van der Waals surface area contributed by atoms with Gasteiger partial charge in [0.15, 0.2) is 10.9 Å². The summed E-state index contributed by atoms with van der Waals surface area (Å²) >= 11 is 7.10. The number of benzene rings is 4. The second-order valence-electron chi connectivity index (χ2n) is 20.4. The number of likely N-dealkylation sites (tertiary alicyclic amines) is 1. The van der Waals surface area contributed by atoms with Crippen molar-refractivity contribution in [2.24, 2.45) is 11.3 Å². The number of carbonyl (C=O) groups is 5. The molecule has 8 rings (SSSR count). The molecule has 4 heterocycles. The maximum absolute atomic E-state index is 15.5. The molecule has 2 fully saturated rings. The SMILES string of the molecule is Cc1ncsc1-c1ccc(CNC(=O)[C@@H]2C[C@@H](CO)CN2C(=O)[C@@H](NC(=O)Cc2ccc(C(=O)Nc3ccc(-c4ccc(N5C(=S)N(c6ccc(C#N)c(C(F)(F)F)c6F)C(=O)C5(C)C)cn4)cc3)cc2)C(C)(C)C)cc1. The van der Waals surface area contributed by atoms with Gasteiger partial charge in [-0.2, -0.15) is 18.4 Å². The summed E-state index contributed by atoms with van der Waals surface area (Å²) in [7, 11) is 0. The smallest absolute Gasteiger partial charge is 0.396 e. The molecule has 4 N–H and O–H groups in total. The number of aliphatic hydroxyl groups excluding tert-OH is 1. The largest absolute Gasteiger partial charge is 0.420 e. The molecular weight excluding hydrogens is 1030 g/mol. The normalized spacial score (nSPS) is 16.8. The minimum absolute atomic E-state index is 0.105. The summed E-state index contributed by atoms with van der Waals surface area (Å²) in [6.07, 6.45) is -3.64. The molecule has 2 aliphatic heterocycles. The predicted molar refractivity (Wildman–Crippen MR) is 287 cm³/mol. The molecule has 6 aromatic rings. The van der Waals surface area contributed by atoms with Gasteiger partial charge in [-0.15, -0.1) is 11.3 Å². The zero-order valence-corrected chi connectivity index (χ0v) is 44.3. The summed E-state index contributed by atoms with van der Waals surface area (Å²) < 4.78 is 56.9. The Balaban J connectivity index is 0.859. The lowest BCUT2D eigenvalue weighted by molar-refractivity contribution is -0.143. The minimum atomic E-state index is -5.22. The predicted octanol–water partition coefficient (Wildman–Crippen LogP) is 8.98. The van der Waals surface area contributed by atoms with Gasteiger partial charge < -0.3 is 30.9 Å². The van der Waals surface area contributed by atoms with E-state index < -0.39 is 75.5 Å². The zero-order valence-electron chi connectivity index (χ0n) is 42.7. The van der Waals surface area contributed by atoms with Crippen molar-refractivity contribution >= 4 is 75.3 Å². The van der Waals surface area contributed by atoms with Crippen LogP contribution in [-0.4, -0.2) is 85.4 Å². The van der Waals surface area contributed by atoms with Crippen molar-refractivity contribution in [2.45, 2.75) is 84.7 Å². The van der Waals surface area contributed by atoms with Crippen LogP contribution in [0.15, 0.2) is 109 Å². The van der Waals surface area contributed by atoms with Gasteiger partial charge in [-0.1, -0.05) is 69.3 Å². The van der Waals surface area contributed by atoms with Crippen molar-refractivity contribution in [2.75, 3.05) is 28.3 Å². The number of alkyl halides is 3. The van der Waals surface area contributed by atoms with Crippen molar-refractivity contribution in [1.29, 1.82) is 5.26 Å². The molecule has 4 aromatic carbocycles. The molecule has 398 valence electrons. The number of nitrogens with zero attached hydrogens (tertiary/aromatic N) is 6. The van der Waals surface area contributed by atoms with E-state index in [1.807, 2.05) is 52.0 Å². The number of nitriles is 1. The first-order valence-electron chi connectivity index (χ1n) is 24.3. The van der Waals surface area contributed by atoms with E-state index in [2.05, 4.69) is 25.9 Å². The number of carbonyl (C=O) groups excluding carboxylic acids is 5. The zero-order chi connectivity index (χ0) is 55.7. The van der Waals surface area contributed by atoms with Crippen LogP contribution in [0.25, 0.3) is 21.7 Å². The Morgan fingerprint density at radius 3 is 2.17 bits per heavy atom. The molecule has 0 bridgehead atoms. The van der Waals surface area contributed by atoms with Crippen molar-refractivity contribution in [3.05, 3.63) is 148 Å². The number of thiazole rings is 1. The number of anilines is 3. The number of aromatic nitrogens is 2. The van der Waals surface area contributed by atoms with Crippen LogP contribution in [0.4, 0.5) is 34.6 Å². The second-order valence-corrected chi connectivity index (χ2v) is 21.6. The van der Waals surface area contributed by atoms with Crippen molar-refractivity contribution in [3.8, 4) is 27.8 Å². The van der Waals surface area contributed by atoms with E-state index in [0.29, 0.717) is 38.7 Å². The van der Waals surface area contributed by atoms with Gasteiger partial charge in [0.05, 0.1) is 57.4 Å². The van der Waals surface area contributed by atoms with E-state index >= 15 is 4.39 Å². The van der Waals surface area contributed by atoms with Gasteiger partial charge in [0.2, 0.25) is 17.7 Å². The first-order chi connectivity index (χ1) is 36.4. The maximum Gasteiger partial charge on any atom is 0.420 e. The number of rotatable bonds is 14. The number of amides is 5. The Morgan fingerprint density at radius 1 is 0.922 bits per heavy atom. The van der Waals surface area contributed by atoms with Crippen LogP contribution in [0.3, 0.4) is 0 Å². The molecule has 2 aromatic heterocycles. The Hall–Kier alpha value is -7.93. The quantitative estimate of drug-likeness (QED) is 0.0599. The van der Waals surface area contributed by atoms with Crippen molar-refractivity contribution in [1.82, 2.24) is 25.5 Å². The molecule has 0 unspecified atom stereocenters. The standard InChI is InChI=1S/C56H53F4N9O6S2/c1-31-47(77-30-64-31)36-11-9-33(10-12-36)26-63-50(73)43-23-34(29-70)28-67(43)51(74)48(54(2,3)4)66-44(71)24-32-7-13-37(14-8-32)49(72)65-39-18-15-35(16-19-39)41-21-20-40(27-62-41)69-53(76)68(52(75)55(69,5)6)42-22-17-38(25-61)45(46(42)57)56(58,59)60/h7-22,27,30,34,43,48,70H,23-24,26,28-29H2,1-6H3,(H,63,73)(H,65,72)(H,66,71)/t34-,43+,48-/m1/s1. The minimum Gasteiger partial charge on any atom is -0.396 e. The van der Waals surface area contributed by atoms with Gasteiger partial charge in [-0.05, 0) is 110 Å². The third kappa shape index (κ3) is 11.6. The van der Waals surface area contributed by atoms with Gasteiger partial charge in [-0.25, -0.2) is 9.37 Å². The number of nitrogens with one attached hydrogen (secondary N) is 3. The Bertz CT molecular complexity index is 3300. The lowest BCUT2D eigenvalue weighted by Crippen LogP contribution is -2.57. The van der Waals surface area contributed by atoms with E-state index in [4.69, 9.17) is 12.2 Å². The van der Waals surface area contributed by atoms with E-state index in [1.54, 1.807) is 77.5 Å². The van der Waals surface area contributed by atoms with Crippen LogP contribution in [0.2, 0.25) is 0 Å². The number of pyridine rings is 1. The molecular formula is C56H53F4N9O6S2. The highest BCUT2D eigenvalue weighted by molar-refractivity contribution is 7.81. The molecule has 0 spiro atoms. The number of aliphatic hydroxyl groups is 1. The fourth-order valence-corrected chi connectivity index (χ4v) is 10.7. The fraction of sp³-hybridized carbons (Fsp3) is 0.304. The van der Waals surface area contributed by atoms with Crippen LogP contribution in [0, 0.1) is 35.4 Å². The molecule has 0 aliphatic carbocycles. The number of hydrogen-bond acceptors (Lipinski definition) is 11. The Kier molecular flexibility index (Phi) is 15.8. The van der Waals surface area contributed by atoms with Crippen LogP contribution in [0.5, 0.6) is 0 Å². The van der Waals surface area contributed by atoms with E-state index in [-0.39, 0.29) is 49.5 Å². The highest BCUT2D eigenvalue weighted by Gasteiger charge is 2.52. The van der Waals surface area contributed by atoms with Crippen molar-refractivity contribution in [3.63, 3.8) is 0 Å². The summed E-state index contributed by atoms with van der Waals surface area (Å²) in [4.78, 5) is 81.9. The third-order valence-corrected chi connectivity index (χ3v) is 14.9. The molecule has 21 heteroatoms. The Morgan fingerprint density at radius 2 is 1.58 bits per heavy atom. The Labute approximate surface area is 450 Å². The summed E-state index contributed by atoms with van der Waals surface area (Å²) in [6, 6.07) is 25.4. The number of hydrogen-bond donors (Lipinski definition) is 4. The fourth-order valence-electron chi connectivity index (χ4n) is 9.36. The molecule has 0 radical (unpaired) electrons. The first-order valence-corrected chi connectivity index (χ1v) is 25.6. The first kappa shape index (κ1) is 55.3. The van der Waals surface area contributed by atoms with Crippen LogP contribution in [-0.2, 0) is 38.3 Å². The third-order valence-electron chi connectivity index (χ3n) is 13.5. The second kappa shape index (κ2) is 22.0. The summed E-state index contributed by atoms with van der Waals surface area (Å²) in [5, 5.41) is 27.7. The van der Waals surface area contributed by atoms with Gasteiger partial charge >= 0.3 is 6.18 Å². The average Bonchev–Trinajstić information content (AvgIpc) is 4.09. The maximum atomic E-state index is 15.5. The van der Waals surface area contributed by atoms with Gasteiger partial charge in [0.1, 0.15) is 23.2 Å². The molecule has 5 amide bonds. The summed E-state index contributed by atoms with van der Waals surface area (Å²) in [5.41, 5.74) is 1.69. The van der Waals surface area contributed by atoms with Crippen LogP contribution >= 0.6 is 23.6 Å². The number of halogens is 4. The molecule has 2 aliphatic rings. The topological polar surface area (TPSA) is 201 Å². The lowest BCUT2D eigenvalue weighted by atomic mass is 9.85. The van der Waals surface area contributed by atoms with Crippen molar-refractivity contribution < 1.29 is 46.6 Å². The highest BCUT2D eigenvalue weighted by atomic mass is 32.1. The van der Waals surface area contributed by atoms with E-state index in [0.717, 1.165) is 33.8 Å². The van der Waals surface area contributed by atoms with Crippen LogP contribution in [0.1, 0.15) is 79.3 Å². The monoisotopic (exact) mass is 1090 g/mol. The van der Waals surface area contributed by atoms with Gasteiger partial charge in [0.25, 0.3) is 11.8 Å². The van der Waals surface area contributed by atoms with Crippen LogP contribution < -0.4 is 25.8 Å². The molecule has 3 atom stereocenters. The summed E-state index contributed by atoms with van der Waals surface area (Å²) in [6.45, 7) is 10.5. The van der Waals surface area contributed by atoms with E-state index in [1.165, 1.54) is 35.9 Å². The molecule has 15 nitrogen and oxygen atoms in total. The van der Waals surface area contributed by atoms with E-state index in [9.17, 15) is 47.5 Å². The molecule has 0 saturated carbocycles. The van der Waals surface area contributed by atoms with Gasteiger partial charge in [-0.3, -0.25) is 33.9 Å². The summed E-state index contributed by atoms with van der Waals surface area (Å²) in [5.74, 6) is -4.58. The van der Waals surface area contributed by atoms with Gasteiger partial charge in [0, 0.05) is 42.4 Å². The number of thiocarbonyl (C=S) groups is 1. The lowest BCUT2D eigenvalue weighted by Gasteiger charge is -2.35. The molecule has 77 heavy (non-hydrogen) atoms. The molecule has 2 saturated heterocycles.